The molecule has 0 aliphatic heterocycles. The van der Waals surface area contributed by atoms with Crippen LogP contribution in [0.15, 0.2) is 18.2 Å². The van der Waals surface area contributed by atoms with Gasteiger partial charge in [0.2, 0.25) is 0 Å². The highest BCUT2D eigenvalue weighted by Gasteiger charge is 2.04. The second kappa shape index (κ2) is 5.79. The van der Waals surface area contributed by atoms with E-state index in [4.69, 9.17) is 5.73 Å². The maximum atomic E-state index is 5.84. The Morgan fingerprint density at radius 2 is 2.00 bits per heavy atom. The molecule has 1 nitrogen and oxygen atoms in total. The van der Waals surface area contributed by atoms with Crippen LogP contribution in [0.1, 0.15) is 44.2 Å². The van der Waals surface area contributed by atoms with E-state index >= 15 is 0 Å². The minimum absolute atomic E-state index is 0.770. The molecule has 0 radical (unpaired) electrons. The predicted molar refractivity (Wildman–Crippen MR) is 68.0 cm³/mol. The van der Waals surface area contributed by atoms with Gasteiger partial charge in [0.15, 0.2) is 0 Å². The van der Waals surface area contributed by atoms with Crippen molar-refractivity contribution in [3.63, 3.8) is 0 Å². The van der Waals surface area contributed by atoms with Gasteiger partial charge in [0.1, 0.15) is 0 Å². The van der Waals surface area contributed by atoms with Crippen LogP contribution in [0.25, 0.3) is 0 Å². The van der Waals surface area contributed by atoms with Crippen LogP contribution in [0.4, 0.5) is 5.69 Å². The lowest BCUT2D eigenvalue weighted by Crippen LogP contribution is -2.01. The lowest BCUT2D eigenvalue weighted by atomic mass is 9.95. The number of benzene rings is 1. The zero-order chi connectivity index (χ0) is 11.3. The molecule has 0 fully saturated rings. The fourth-order valence-electron chi connectivity index (χ4n) is 2.07. The number of aryl methyl sites for hydroxylation is 1. The number of hydrogen-bond donors (Lipinski definition) is 1. The summed E-state index contributed by atoms with van der Waals surface area (Å²) < 4.78 is 0. The number of nitrogens with two attached hydrogens (primary N) is 1. The molecule has 0 saturated heterocycles. The van der Waals surface area contributed by atoms with E-state index in [9.17, 15) is 0 Å². The van der Waals surface area contributed by atoms with Gasteiger partial charge in [-0.1, -0.05) is 39.2 Å². The number of rotatable bonds is 5. The molecule has 0 bridgehead atoms. The Labute approximate surface area is 93.7 Å². The number of hydrogen-bond acceptors (Lipinski definition) is 1. The van der Waals surface area contributed by atoms with Crippen molar-refractivity contribution < 1.29 is 0 Å². The molecular formula is C14H23N. The van der Waals surface area contributed by atoms with Crippen molar-refractivity contribution in [2.45, 2.75) is 46.5 Å². The summed E-state index contributed by atoms with van der Waals surface area (Å²) in [5.41, 5.74) is 9.39. The van der Waals surface area contributed by atoms with Gasteiger partial charge in [-0.3, -0.25) is 0 Å². The monoisotopic (exact) mass is 205 g/mol. The van der Waals surface area contributed by atoms with E-state index in [0.717, 1.165) is 18.0 Å². The lowest BCUT2D eigenvalue weighted by molar-refractivity contribution is 0.503. The normalized spacial score (nSPS) is 12.7. The summed E-state index contributed by atoms with van der Waals surface area (Å²) in [6.45, 7) is 6.68. The van der Waals surface area contributed by atoms with Crippen LogP contribution in [0.2, 0.25) is 0 Å². The predicted octanol–water partition coefficient (Wildman–Crippen LogP) is 3.95. The van der Waals surface area contributed by atoms with Gasteiger partial charge in [0, 0.05) is 5.69 Å². The standard InChI is InChI=1S/C14H23N/c1-4-5-6-11(2)7-13-8-12(3)9-14(15)10-13/h8-11H,4-7,15H2,1-3H3. The SMILES string of the molecule is CCCCC(C)Cc1cc(C)cc(N)c1. The van der Waals surface area contributed by atoms with Crippen molar-refractivity contribution in [3.8, 4) is 0 Å². The second-order valence-electron chi connectivity index (χ2n) is 4.70. The third kappa shape index (κ3) is 4.37. The topological polar surface area (TPSA) is 26.0 Å². The van der Waals surface area contributed by atoms with Crippen LogP contribution in [0.5, 0.6) is 0 Å². The molecule has 0 spiro atoms. The maximum absolute atomic E-state index is 5.84. The van der Waals surface area contributed by atoms with Gasteiger partial charge in [-0.05, 0) is 42.5 Å². The molecule has 1 unspecified atom stereocenters. The molecule has 0 amide bonds. The molecule has 0 aromatic heterocycles. The van der Waals surface area contributed by atoms with Crippen LogP contribution in [0.3, 0.4) is 0 Å². The van der Waals surface area contributed by atoms with Gasteiger partial charge in [0.05, 0.1) is 0 Å². The van der Waals surface area contributed by atoms with Gasteiger partial charge < -0.3 is 5.73 Å². The summed E-state index contributed by atoms with van der Waals surface area (Å²) in [4.78, 5) is 0. The van der Waals surface area contributed by atoms with Gasteiger partial charge in [-0.15, -0.1) is 0 Å². The molecule has 0 aliphatic carbocycles. The molecule has 1 atom stereocenters. The second-order valence-corrected chi connectivity index (χ2v) is 4.70. The van der Waals surface area contributed by atoms with Crippen LogP contribution in [-0.2, 0) is 6.42 Å². The zero-order valence-electron chi connectivity index (χ0n) is 10.2. The highest BCUT2D eigenvalue weighted by molar-refractivity contribution is 5.44. The van der Waals surface area contributed by atoms with E-state index in [2.05, 4.69) is 32.9 Å². The minimum Gasteiger partial charge on any atom is -0.399 e. The summed E-state index contributed by atoms with van der Waals surface area (Å²) in [5, 5.41) is 0. The van der Waals surface area contributed by atoms with Crippen molar-refractivity contribution >= 4 is 5.69 Å². The molecule has 84 valence electrons. The third-order valence-corrected chi connectivity index (χ3v) is 2.79. The van der Waals surface area contributed by atoms with Crippen LogP contribution in [-0.4, -0.2) is 0 Å². The van der Waals surface area contributed by atoms with Gasteiger partial charge >= 0.3 is 0 Å². The first-order valence-corrected chi connectivity index (χ1v) is 5.98. The average Bonchev–Trinajstić information content (AvgIpc) is 2.13. The summed E-state index contributed by atoms with van der Waals surface area (Å²) in [6.07, 6.45) is 5.11. The first kappa shape index (κ1) is 12.1. The highest BCUT2D eigenvalue weighted by atomic mass is 14.5. The van der Waals surface area contributed by atoms with E-state index in [0.29, 0.717) is 0 Å². The van der Waals surface area contributed by atoms with Crippen LogP contribution in [0, 0.1) is 12.8 Å². The highest BCUT2D eigenvalue weighted by Crippen LogP contribution is 2.18. The lowest BCUT2D eigenvalue weighted by Gasteiger charge is -2.11. The summed E-state index contributed by atoms with van der Waals surface area (Å²) >= 11 is 0. The molecule has 1 rings (SSSR count). The molecular weight excluding hydrogens is 182 g/mol. The Hall–Kier alpha value is -0.980. The summed E-state index contributed by atoms with van der Waals surface area (Å²) in [6, 6.07) is 6.38. The van der Waals surface area contributed by atoms with E-state index in [1.54, 1.807) is 0 Å². The van der Waals surface area contributed by atoms with Crippen LogP contribution < -0.4 is 5.73 Å². The molecule has 15 heavy (non-hydrogen) atoms. The number of unbranched alkanes of at least 4 members (excludes halogenated alkanes) is 1. The smallest absolute Gasteiger partial charge is 0.0319 e. The van der Waals surface area contributed by atoms with E-state index < -0.39 is 0 Å². The zero-order valence-corrected chi connectivity index (χ0v) is 10.2. The maximum Gasteiger partial charge on any atom is 0.0319 e. The Balaban J connectivity index is 2.56. The van der Waals surface area contributed by atoms with Gasteiger partial charge in [-0.2, -0.15) is 0 Å². The first-order valence-electron chi connectivity index (χ1n) is 5.98. The molecule has 1 heteroatoms. The van der Waals surface area contributed by atoms with Gasteiger partial charge in [0.25, 0.3) is 0 Å². The Bertz CT molecular complexity index is 284. The Morgan fingerprint density at radius 1 is 1.27 bits per heavy atom. The molecule has 1 aromatic carbocycles. The first-order chi connectivity index (χ1) is 7.11. The quantitative estimate of drug-likeness (QED) is 0.724. The van der Waals surface area contributed by atoms with Crippen molar-refractivity contribution in [2.75, 3.05) is 5.73 Å². The molecule has 0 heterocycles. The van der Waals surface area contributed by atoms with Gasteiger partial charge in [-0.25, -0.2) is 0 Å². The van der Waals surface area contributed by atoms with Crippen molar-refractivity contribution in [3.05, 3.63) is 29.3 Å². The Morgan fingerprint density at radius 3 is 2.60 bits per heavy atom. The van der Waals surface area contributed by atoms with Crippen molar-refractivity contribution in [1.29, 1.82) is 0 Å². The number of anilines is 1. The largest absolute Gasteiger partial charge is 0.399 e. The van der Waals surface area contributed by atoms with Crippen molar-refractivity contribution in [2.24, 2.45) is 5.92 Å². The van der Waals surface area contributed by atoms with E-state index in [1.807, 2.05) is 6.07 Å². The molecule has 0 saturated carbocycles. The number of nitrogen functional groups attached to an aromatic ring is 1. The van der Waals surface area contributed by atoms with E-state index in [1.165, 1.54) is 30.4 Å². The third-order valence-electron chi connectivity index (χ3n) is 2.79. The fraction of sp³-hybridized carbons (Fsp3) is 0.571. The molecule has 2 N–H and O–H groups in total. The Kier molecular flexibility index (Phi) is 4.67. The van der Waals surface area contributed by atoms with E-state index in [-0.39, 0.29) is 0 Å². The molecule has 1 aromatic rings. The summed E-state index contributed by atoms with van der Waals surface area (Å²) in [5.74, 6) is 0.770. The fourth-order valence-corrected chi connectivity index (χ4v) is 2.07. The average molecular weight is 205 g/mol. The van der Waals surface area contributed by atoms with Crippen LogP contribution >= 0.6 is 0 Å². The summed E-state index contributed by atoms with van der Waals surface area (Å²) in [7, 11) is 0. The molecule has 0 aliphatic rings. The minimum atomic E-state index is 0.770. The van der Waals surface area contributed by atoms with Crippen molar-refractivity contribution in [1.82, 2.24) is 0 Å².